The van der Waals surface area contributed by atoms with E-state index in [0.29, 0.717) is 6.42 Å². The fraction of sp³-hybridized carbons (Fsp3) is 0.167. The highest BCUT2D eigenvalue weighted by molar-refractivity contribution is 5.87. The number of carboxylic acids is 1. The van der Waals surface area contributed by atoms with Crippen molar-refractivity contribution >= 4 is 5.97 Å². The van der Waals surface area contributed by atoms with Crippen LogP contribution in [0.15, 0.2) is 55.1 Å². The minimum Gasteiger partial charge on any atom is -0.478 e. The van der Waals surface area contributed by atoms with Crippen molar-refractivity contribution in [3.63, 3.8) is 0 Å². The van der Waals surface area contributed by atoms with Crippen LogP contribution in [0.1, 0.15) is 32.6 Å². The van der Waals surface area contributed by atoms with Crippen molar-refractivity contribution in [1.29, 1.82) is 0 Å². The summed E-state index contributed by atoms with van der Waals surface area (Å²) in [5.41, 5.74) is 4.55. The summed E-state index contributed by atoms with van der Waals surface area (Å²) in [4.78, 5) is 15.0. The molecule has 0 amide bonds. The number of aryl methyl sites for hydroxylation is 1. The zero-order valence-electron chi connectivity index (χ0n) is 12.8. The monoisotopic (exact) mass is 307 g/mol. The van der Waals surface area contributed by atoms with E-state index < -0.39 is 5.97 Å². The third-order valence-electron chi connectivity index (χ3n) is 3.58. The van der Waals surface area contributed by atoms with Crippen LogP contribution in [0.2, 0.25) is 0 Å². The van der Waals surface area contributed by atoms with Crippen LogP contribution in [-0.4, -0.2) is 25.8 Å². The summed E-state index contributed by atoms with van der Waals surface area (Å²) >= 11 is 0. The van der Waals surface area contributed by atoms with Gasteiger partial charge in [-0.15, -0.1) is 0 Å². The van der Waals surface area contributed by atoms with Crippen LogP contribution in [0.4, 0.5) is 0 Å². The molecule has 5 nitrogen and oxygen atoms in total. The zero-order chi connectivity index (χ0) is 16.2. The van der Waals surface area contributed by atoms with Crippen molar-refractivity contribution in [1.82, 2.24) is 14.8 Å². The Kier molecular flexibility index (Phi) is 4.19. The largest absolute Gasteiger partial charge is 0.478 e. The van der Waals surface area contributed by atoms with Crippen molar-refractivity contribution in [3.8, 4) is 0 Å². The molecular weight excluding hydrogens is 290 g/mol. The topological polar surface area (TPSA) is 68.0 Å². The first-order valence-electron chi connectivity index (χ1n) is 7.34. The molecule has 0 unspecified atom stereocenters. The van der Waals surface area contributed by atoms with Crippen LogP contribution < -0.4 is 0 Å². The highest BCUT2D eigenvalue weighted by Crippen LogP contribution is 2.12. The number of rotatable bonds is 5. The minimum atomic E-state index is -0.954. The van der Waals surface area contributed by atoms with E-state index in [0.717, 1.165) is 23.2 Å². The quantitative estimate of drug-likeness (QED) is 0.787. The lowest BCUT2D eigenvalue weighted by atomic mass is 10.0. The van der Waals surface area contributed by atoms with Gasteiger partial charge < -0.3 is 5.11 Å². The molecule has 0 aliphatic heterocycles. The van der Waals surface area contributed by atoms with Crippen LogP contribution in [0.25, 0.3) is 0 Å². The summed E-state index contributed by atoms with van der Waals surface area (Å²) in [6.45, 7) is 2.76. The van der Waals surface area contributed by atoms with E-state index in [1.54, 1.807) is 12.3 Å². The summed E-state index contributed by atoms with van der Waals surface area (Å²) in [7, 11) is 0. The number of aromatic nitrogens is 3. The number of hydrogen-bond acceptors (Lipinski definition) is 3. The molecule has 3 aromatic rings. The average Bonchev–Trinajstić information content (AvgIpc) is 2.94. The maximum Gasteiger partial charge on any atom is 0.337 e. The van der Waals surface area contributed by atoms with E-state index in [-0.39, 0.29) is 5.56 Å². The number of carboxylic acid groups (broad SMARTS) is 1. The van der Waals surface area contributed by atoms with Crippen LogP contribution in [0.5, 0.6) is 0 Å². The molecule has 1 N–H and O–H groups in total. The first-order chi connectivity index (χ1) is 11.1. The molecule has 0 fully saturated rings. The second kappa shape index (κ2) is 6.44. The summed E-state index contributed by atoms with van der Waals surface area (Å²) in [5, 5.41) is 13.3. The molecule has 0 aliphatic carbocycles. The van der Waals surface area contributed by atoms with Gasteiger partial charge in [0.15, 0.2) is 0 Å². The molecule has 0 spiro atoms. The number of hydrogen-bond donors (Lipinski definition) is 1. The molecule has 0 atom stereocenters. The number of pyridine rings is 1. The van der Waals surface area contributed by atoms with Gasteiger partial charge in [0.25, 0.3) is 0 Å². The molecule has 2 aromatic heterocycles. The van der Waals surface area contributed by atoms with Crippen LogP contribution in [0.3, 0.4) is 0 Å². The second-order valence-corrected chi connectivity index (χ2v) is 5.60. The highest BCUT2D eigenvalue weighted by atomic mass is 16.4. The Morgan fingerprint density at radius 1 is 1.09 bits per heavy atom. The van der Waals surface area contributed by atoms with Crippen molar-refractivity contribution < 1.29 is 9.90 Å². The van der Waals surface area contributed by atoms with Gasteiger partial charge in [0.05, 0.1) is 18.3 Å². The summed E-state index contributed by atoms with van der Waals surface area (Å²) in [6.07, 6.45) is 7.58. The van der Waals surface area contributed by atoms with Crippen LogP contribution in [0, 0.1) is 6.92 Å². The smallest absolute Gasteiger partial charge is 0.337 e. The van der Waals surface area contributed by atoms with Gasteiger partial charge >= 0.3 is 5.97 Å². The lowest BCUT2D eigenvalue weighted by Gasteiger charge is -2.06. The number of carbonyl (C=O) groups is 1. The number of benzene rings is 1. The molecule has 2 heterocycles. The Morgan fingerprint density at radius 3 is 2.48 bits per heavy atom. The first-order valence-corrected chi connectivity index (χ1v) is 7.34. The Labute approximate surface area is 134 Å². The minimum absolute atomic E-state index is 0.216. The highest BCUT2D eigenvalue weighted by Gasteiger charge is 2.05. The van der Waals surface area contributed by atoms with Gasteiger partial charge in [0.2, 0.25) is 0 Å². The Bertz CT molecular complexity index is 822. The molecule has 3 rings (SSSR count). The molecule has 5 heteroatoms. The zero-order valence-corrected chi connectivity index (χ0v) is 12.8. The standard InChI is InChI=1S/C18H17N3O2/c1-13-8-20-21(11-13)12-15-4-2-14(3-5-15)6-16-7-17(18(22)23)10-19-9-16/h2-5,7-11H,6,12H2,1H3,(H,22,23). The predicted molar refractivity (Wildman–Crippen MR) is 86.5 cm³/mol. The molecule has 23 heavy (non-hydrogen) atoms. The molecule has 116 valence electrons. The summed E-state index contributed by atoms with van der Waals surface area (Å²) in [6, 6.07) is 9.91. The van der Waals surface area contributed by atoms with Gasteiger partial charge in [0.1, 0.15) is 0 Å². The van der Waals surface area contributed by atoms with Gasteiger partial charge in [-0.05, 0) is 41.7 Å². The third-order valence-corrected chi connectivity index (χ3v) is 3.58. The SMILES string of the molecule is Cc1cnn(Cc2ccc(Cc3cncc(C(=O)O)c3)cc2)c1. The molecule has 0 saturated heterocycles. The molecule has 1 aromatic carbocycles. The van der Waals surface area contributed by atoms with Gasteiger partial charge in [0, 0.05) is 18.6 Å². The Balaban J connectivity index is 1.70. The predicted octanol–water partition coefficient (Wildman–Crippen LogP) is 2.92. The van der Waals surface area contributed by atoms with Crippen molar-refractivity contribution in [2.75, 3.05) is 0 Å². The van der Waals surface area contributed by atoms with Crippen molar-refractivity contribution in [3.05, 3.63) is 82.9 Å². The van der Waals surface area contributed by atoms with E-state index in [1.807, 2.05) is 24.0 Å². The Hall–Kier alpha value is -2.95. The maximum absolute atomic E-state index is 11.0. The number of nitrogens with zero attached hydrogens (tertiary/aromatic N) is 3. The van der Waals surface area contributed by atoms with Crippen LogP contribution >= 0.6 is 0 Å². The van der Waals surface area contributed by atoms with Crippen molar-refractivity contribution in [2.45, 2.75) is 19.9 Å². The second-order valence-electron chi connectivity index (χ2n) is 5.60. The summed E-state index contributed by atoms with van der Waals surface area (Å²) in [5.74, 6) is -0.954. The summed E-state index contributed by atoms with van der Waals surface area (Å²) < 4.78 is 1.91. The van der Waals surface area contributed by atoms with Gasteiger partial charge in [-0.3, -0.25) is 9.67 Å². The maximum atomic E-state index is 11.0. The van der Waals surface area contributed by atoms with Crippen molar-refractivity contribution in [2.24, 2.45) is 0 Å². The molecule has 0 aliphatic rings. The molecule has 0 radical (unpaired) electrons. The molecular formula is C18H17N3O2. The molecule has 0 saturated carbocycles. The Morgan fingerprint density at radius 2 is 1.83 bits per heavy atom. The van der Waals surface area contributed by atoms with E-state index in [4.69, 9.17) is 5.11 Å². The lowest BCUT2D eigenvalue weighted by molar-refractivity contribution is 0.0696. The fourth-order valence-corrected chi connectivity index (χ4v) is 2.44. The van der Waals surface area contributed by atoms with E-state index in [1.165, 1.54) is 11.8 Å². The first kappa shape index (κ1) is 15.0. The average molecular weight is 307 g/mol. The van der Waals surface area contributed by atoms with Crippen LogP contribution in [-0.2, 0) is 13.0 Å². The fourth-order valence-electron chi connectivity index (χ4n) is 2.44. The normalized spacial score (nSPS) is 10.7. The van der Waals surface area contributed by atoms with E-state index in [9.17, 15) is 4.79 Å². The number of aromatic carboxylic acids is 1. The van der Waals surface area contributed by atoms with E-state index >= 15 is 0 Å². The van der Waals surface area contributed by atoms with Gasteiger partial charge in [-0.1, -0.05) is 24.3 Å². The molecule has 0 bridgehead atoms. The lowest BCUT2D eigenvalue weighted by Crippen LogP contribution is -2.01. The van der Waals surface area contributed by atoms with Gasteiger partial charge in [-0.2, -0.15) is 5.10 Å². The van der Waals surface area contributed by atoms with Gasteiger partial charge in [-0.25, -0.2) is 4.79 Å². The van der Waals surface area contributed by atoms with E-state index in [2.05, 4.69) is 34.3 Å². The third kappa shape index (κ3) is 3.83.